The maximum atomic E-state index is 11.8. The molecule has 6 heteroatoms. The third-order valence-electron chi connectivity index (χ3n) is 1.54. The Bertz CT molecular complexity index is 357. The summed E-state index contributed by atoms with van der Waals surface area (Å²) in [5.74, 6) is 0.411. The number of nitrogens with one attached hydrogen (secondary N) is 1. The van der Waals surface area contributed by atoms with Gasteiger partial charge in [-0.25, -0.2) is 9.37 Å². The number of carbonyl (C=O) groups excluding carboxylic acids is 1. The molecule has 0 aliphatic rings. The van der Waals surface area contributed by atoms with E-state index < -0.39 is 6.67 Å². The molecule has 0 aliphatic carbocycles. The number of alkyl halides is 1. The zero-order valence-corrected chi connectivity index (χ0v) is 8.29. The number of aromatic nitrogens is 1. The fourth-order valence-electron chi connectivity index (χ4n) is 0.976. The van der Waals surface area contributed by atoms with Crippen molar-refractivity contribution >= 4 is 17.4 Å². The summed E-state index contributed by atoms with van der Waals surface area (Å²) < 4.78 is 16.8. The average Bonchev–Trinajstić information content (AvgIpc) is 2.15. The average molecular weight is 213 g/mol. The van der Waals surface area contributed by atoms with Crippen LogP contribution < -0.4 is 15.8 Å². The Morgan fingerprint density at radius 3 is 3.00 bits per heavy atom. The van der Waals surface area contributed by atoms with Gasteiger partial charge >= 0.3 is 0 Å². The molecular formula is C9H12FN3O2. The molecular weight excluding hydrogens is 201 g/mol. The third-order valence-corrected chi connectivity index (χ3v) is 1.54. The number of carbonyl (C=O) groups is 1. The Morgan fingerprint density at radius 2 is 2.47 bits per heavy atom. The molecule has 5 nitrogen and oxygen atoms in total. The molecule has 1 heterocycles. The first-order valence-corrected chi connectivity index (χ1v) is 4.35. The van der Waals surface area contributed by atoms with Gasteiger partial charge in [-0.3, -0.25) is 4.79 Å². The molecule has 0 atom stereocenters. The molecule has 15 heavy (non-hydrogen) atoms. The van der Waals surface area contributed by atoms with Crippen molar-refractivity contribution in [1.82, 2.24) is 4.98 Å². The fourth-order valence-corrected chi connectivity index (χ4v) is 0.976. The van der Waals surface area contributed by atoms with E-state index in [1.165, 1.54) is 19.2 Å². The molecule has 0 bridgehead atoms. The summed E-state index contributed by atoms with van der Waals surface area (Å²) in [6.07, 6.45) is 1.34. The highest BCUT2D eigenvalue weighted by molar-refractivity contribution is 5.88. The van der Waals surface area contributed by atoms with Gasteiger partial charge in [-0.1, -0.05) is 0 Å². The predicted octanol–water partition coefficient (Wildman–Crippen LogP) is 0.970. The normalized spacial score (nSPS) is 9.73. The van der Waals surface area contributed by atoms with Crippen LogP contribution in [0.25, 0.3) is 0 Å². The van der Waals surface area contributed by atoms with E-state index in [9.17, 15) is 9.18 Å². The van der Waals surface area contributed by atoms with Crippen molar-refractivity contribution in [2.45, 2.75) is 6.92 Å². The number of halogens is 1. The molecule has 1 amide bonds. The number of nitrogens with two attached hydrogens (primary N) is 1. The summed E-state index contributed by atoms with van der Waals surface area (Å²) in [6.45, 7) is 0.712. The van der Waals surface area contributed by atoms with E-state index in [0.29, 0.717) is 17.3 Å². The standard InChI is InChI=1S/C9H12FN3O2/c1-6(14)13-9-4-7(11)8(5-12-9)15-3-2-10/h4-5H,2-3H2,1H3,(H3,11,12,13,14). The quantitative estimate of drug-likeness (QED) is 0.781. The van der Waals surface area contributed by atoms with Gasteiger partial charge in [0.1, 0.15) is 19.1 Å². The van der Waals surface area contributed by atoms with Gasteiger partial charge in [0.15, 0.2) is 5.75 Å². The summed E-state index contributed by atoms with van der Waals surface area (Å²) in [5, 5.41) is 2.47. The summed E-state index contributed by atoms with van der Waals surface area (Å²) in [7, 11) is 0. The van der Waals surface area contributed by atoms with Gasteiger partial charge in [0.2, 0.25) is 5.91 Å². The van der Waals surface area contributed by atoms with Crippen molar-refractivity contribution in [3.8, 4) is 5.75 Å². The van der Waals surface area contributed by atoms with E-state index in [1.54, 1.807) is 0 Å². The highest BCUT2D eigenvalue weighted by atomic mass is 19.1. The highest BCUT2D eigenvalue weighted by Gasteiger charge is 2.04. The topological polar surface area (TPSA) is 77.2 Å². The van der Waals surface area contributed by atoms with E-state index in [1.807, 2.05) is 0 Å². The van der Waals surface area contributed by atoms with E-state index in [4.69, 9.17) is 10.5 Å². The number of ether oxygens (including phenoxy) is 1. The molecule has 1 aromatic heterocycles. The van der Waals surface area contributed by atoms with Crippen molar-refractivity contribution in [3.05, 3.63) is 12.3 Å². The van der Waals surface area contributed by atoms with Crippen molar-refractivity contribution in [2.24, 2.45) is 0 Å². The number of hydrogen-bond acceptors (Lipinski definition) is 4. The summed E-state index contributed by atoms with van der Waals surface area (Å²) in [6, 6.07) is 1.45. The van der Waals surface area contributed by atoms with Gasteiger partial charge in [0, 0.05) is 13.0 Å². The molecule has 0 unspecified atom stereocenters. The van der Waals surface area contributed by atoms with Gasteiger partial charge in [-0.2, -0.15) is 0 Å². The van der Waals surface area contributed by atoms with Crippen LogP contribution in [0.15, 0.2) is 12.3 Å². The zero-order valence-electron chi connectivity index (χ0n) is 8.29. The SMILES string of the molecule is CC(=O)Nc1cc(N)c(OCCF)cn1. The lowest BCUT2D eigenvalue weighted by Crippen LogP contribution is -2.09. The van der Waals surface area contributed by atoms with Crippen LogP contribution >= 0.6 is 0 Å². The van der Waals surface area contributed by atoms with Gasteiger partial charge in [0.05, 0.1) is 11.9 Å². The van der Waals surface area contributed by atoms with Crippen LogP contribution in [-0.4, -0.2) is 24.2 Å². The van der Waals surface area contributed by atoms with Crippen LogP contribution in [0.2, 0.25) is 0 Å². The zero-order chi connectivity index (χ0) is 11.3. The maximum absolute atomic E-state index is 11.8. The molecule has 1 aromatic rings. The maximum Gasteiger partial charge on any atom is 0.222 e. The van der Waals surface area contributed by atoms with E-state index in [2.05, 4.69) is 10.3 Å². The number of anilines is 2. The highest BCUT2D eigenvalue weighted by Crippen LogP contribution is 2.22. The lowest BCUT2D eigenvalue weighted by atomic mass is 10.3. The summed E-state index contributed by atoms with van der Waals surface area (Å²) >= 11 is 0. The van der Waals surface area contributed by atoms with Crippen LogP contribution in [0.4, 0.5) is 15.9 Å². The van der Waals surface area contributed by atoms with Gasteiger partial charge in [-0.05, 0) is 0 Å². The smallest absolute Gasteiger partial charge is 0.222 e. The third kappa shape index (κ3) is 3.41. The van der Waals surface area contributed by atoms with E-state index in [0.717, 1.165) is 0 Å². The largest absolute Gasteiger partial charge is 0.487 e. The number of rotatable bonds is 4. The van der Waals surface area contributed by atoms with Gasteiger partial charge in [0.25, 0.3) is 0 Å². The van der Waals surface area contributed by atoms with Crippen molar-refractivity contribution in [1.29, 1.82) is 0 Å². The number of nitrogens with zero attached hydrogens (tertiary/aromatic N) is 1. The lowest BCUT2D eigenvalue weighted by Gasteiger charge is -2.08. The molecule has 0 saturated heterocycles. The first-order valence-electron chi connectivity index (χ1n) is 4.35. The Morgan fingerprint density at radius 1 is 1.73 bits per heavy atom. The van der Waals surface area contributed by atoms with E-state index in [-0.39, 0.29) is 12.5 Å². The molecule has 0 fully saturated rings. The van der Waals surface area contributed by atoms with Crippen molar-refractivity contribution in [3.63, 3.8) is 0 Å². The molecule has 1 rings (SSSR count). The van der Waals surface area contributed by atoms with Crippen LogP contribution in [0.3, 0.4) is 0 Å². The minimum Gasteiger partial charge on any atom is -0.487 e. The number of amides is 1. The van der Waals surface area contributed by atoms with Crippen LogP contribution in [0.5, 0.6) is 5.75 Å². The number of nitrogen functional groups attached to an aromatic ring is 1. The Hall–Kier alpha value is -1.85. The Balaban J connectivity index is 2.74. The first kappa shape index (κ1) is 11.2. The Labute approximate surface area is 86.4 Å². The molecule has 0 spiro atoms. The lowest BCUT2D eigenvalue weighted by molar-refractivity contribution is -0.114. The van der Waals surface area contributed by atoms with Gasteiger partial charge in [-0.15, -0.1) is 0 Å². The minimum absolute atomic E-state index is 0.0641. The number of pyridine rings is 1. The molecule has 3 N–H and O–H groups in total. The van der Waals surface area contributed by atoms with Crippen LogP contribution in [0.1, 0.15) is 6.92 Å². The summed E-state index contributed by atoms with van der Waals surface area (Å²) in [4.78, 5) is 14.6. The fraction of sp³-hybridized carbons (Fsp3) is 0.333. The molecule has 0 aliphatic heterocycles. The minimum atomic E-state index is -0.590. The molecule has 0 radical (unpaired) electrons. The monoisotopic (exact) mass is 213 g/mol. The predicted molar refractivity (Wildman–Crippen MR) is 54.4 cm³/mol. The van der Waals surface area contributed by atoms with Crippen LogP contribution in [-0.2, 0) is 4.79 Å². The van der Waals surface area contributed by atoms with Gasteiger partial charge < -0.3 is 15.8 Å². The number of hydrogen-bond donors (Lipinski definition) is 2. The van der Waals surface area contributed by atoms with Crippen molar-refractivity contribution < 1.29 is 13.9 Å². The molecule has 82 valence electrons. The molecule has 0 aromatic carbocycles. The van der Waals surface area contributed by atoms with Crippen LogP contribution in [0, 0.1) is 0 Å². The Kier molecular flexibility index (Phi) is 3.84. The summed E-state index contributed by atoms with van der Waals surface area (Å²) in [5.41, 5.74) is 5.91. The second kappa shape index (κ2) is 5.14. The first-order chi connectivity index (χ1) is 7.13. The molecule has 0 saturated carbocycles. The van der Waals surface area contributed by atoms with Crippen molar-refractivity contribution in [2.75, 3.05) is 24.3 Å². The second-order valence-electron chi connectivity index (χ2n) is 2.83. The second-order valence-corrected chi connectivity index (χ2v) is 2.83. The van der Waals surface area contributed by atoms with E-state index >= 15 is 0 Å².